The van der Waals surface area contributed by atoms with Crippen LogP contribution in [0.25, 0.3) is 0 Å². The molecule has 4 aliphatic rings. The minimum absolute atomic E-state index is 0.131. The molecule has 0 amide bonds. The van der Waals surface area contributed by atoms with Gasteiger partial charge in [-0.05, 0) is 110 Å². The largest absolute Gasteiger partial charge is 0.393 e. The second-order valence-corrected chi connectivity index (χ2v) is 12.5. The van der Waals surface area contributed by atoms with Crippen molar-refractivity contribution in [1.29, 1.82) is 0 Å². The molecule has 4 fully saturated rings. The molecule has 0 heterocycles. The Kier molecular flexibility index (Phi) is 5.99. The van der Waals surface area contributed by atoms with E-state index >= 15 is 0 Å². The van der Waals surface area contributed by atoms with Crippen molar-refractivity contribution >= 4 is 5.78 Å². The number of hydrogen-bond donors (Lipinski definition) is 1. The number of carbonyl (C=O) groups is 1. The van der Waals surface area contributed by atoms with Gasteiger partial charge in [0, 0.05) is 12.8 Å². The molecule has 0 unspecified atom stereocenters. The molecule has 2 nitrogen and oxygen atoms in total. The van der Waals surface area contributed by atoms with E-state index in [1.165, 1.54) is 38.5 Å². The highest BCUT2D eigenvalue weighted by Gasteiger charge is 2.60. The fourth-order valence-corrected chi connectivity index (χ4v) is 8.98. The van der Waals surface area contributed by atoms with Crippen molar-refractivity contribution in [3.8, 4) is 0 Å². The molecular weight excluding hydrogens is 356 g/mol. The van der Waals surface area contributed by atoms with Gasteiger partial charge < -0.3 is 5.11 Å². The highest BCUT2D eigenvalue weighted by Crippen LogP contribution is 2.68. The van der Waals surface area contributed by atoms with Gasteiger partial charge in [0.1, 0.15) is 5.78 Å². The molecule has 2 heteroatoms. The van der Waals surface area contributed by atoms with Gasteiger partial charge in [-0.15, -0.1) is 0 Å². The summed E-state index contributed by atoms with van der Waals surface area (Å²) in [5.41, 5.74) is 0.839. The number of aliphatic hydroxyl groups is 1. The van der Waals surface area contributed by atoms with E-state index in [-0.39, 0.29) is 6.10 Å². The van der Waals surface area contributed by atoms with E-state index < -0.39 is 0 Å². The predicted molar refractivity (Wildman–Crippen MR) is 119 cm³/mol. The number of rotatable bonds is 5. The second-order valence-electron chi connectivity index (χ2n) is 12.5. The molecule has 1 N–H and O–H groups in total. The minimum Gasteiger partial charge on any atom is -0.393 e. The highest BCUT2D eigenvalue weighted by atomic mass is 16.3. The van der Waals surface area contributed by atoms with Crippen LogP contribution in [0.1, 0.15) is 105 Å². The second kappa shape index (κ2) is 7.95. The number of Topliss-reactive ketones (excluding diaryl/α,β-unsaturated/α-hetero) is 1. The Hall–Kier alpha value is -0.370. The van der Waals surface area contributed by atoms with Gasteiger partial charge in [0.15, 0.2) is 0 Å². The van der Waals surface area contributed by atoms with Gasteiger partial charge in [0.25, 0.3) is 0 Å². The molecule has 0 aromatic heterocycles. The van der Waals surface area contributed by atoms with Gasteiger partial charge in [-0.25, -0.2) is 0 Å². The lowest BCUT2D eigenvalue weighted by molar-refractivity contribution is -0.141. The standard InChI is InChI=1S/C27H46O2/c1-17(2)6-11-25(29)18(3)22-9-10-23-21-8-7-19-16-20(28)12-14-26(19,4)24(21)13-15-27(22,23)5/h17-19,21-25,29H,6-16H2,1-5H3/t18-,19-,21+,22-,23-,24-,25-,26-,27+/m0/s1. The summed E-state index contributed by atoms with van der Waals surface area (Å²) in [6, 6.07) is 0. The van der Waals surface area contributed by atoms with Crippen molar-refractivity contribution in [2.75, 3.05) is 0 Å². The summed E-state index contributed by atoms with van der Waals surface area (Å²) in [5, 5.41) is 11.0. The number of carbonyl (C=O) groups excluding carboxylic acids is 1. The van der Waals surface area contributed by atoms with Gasteiger partial charge in [-0.2, -0.15) is 0 Å². The van der Waals surface area contributed by atoms with Crippen molar-refractivity contribution in [1.82, 2.24) is 0 Å². The van der Waals surface area contributed by atoms with Crippen LogP contribution in [0.15, 0.2) is 0 Å². The summed E-state index contributed by atoms with van der Waals surface area (Å²) in [7, 11) is 0. The van der Waals surface area contributed by atoms with E-state index in [4.69, 9.17) is 0 Å². The summed E-state index contributed by atoms with van der Waals surface area (Å²) in [6.45, 7) is 12.0. The van der Waals surface area contributed by atoms with Crippen LogP contribution in [0.3, 0.4) is 0 Å². The van der Waals surface area contributed by atoms with Crippen LogP contribution >= 0.6 is 0 Å². The third-order valence-electron chi connectivity index (χ3n) is 10.8. The number of hydrogen-bond acceptors (Lipinski definition) is 2. The Morgan fingerprint density at radius 3 is 2.38 bits per heavy atom. The van der Waals surface area contributed by atoms with Crippen LogP contribution in [0.5, 0.6) is 0 Å². The number of ketones is 1. The summed E-state index contributed by atoms with van der Waals surface area (Å²) in [4.78, 5) is 12.1. The lowest BCUT2D eigenvalue weighted by atomic mass is 9.44. The van der Waals surface area contributed by atoms with Crippen molar-refractivity contribution < 1.29 is 9.90 Å². The molecule has 4 aliphatic carbocycles. The summed E-state index contributed by atoms with van der Waals surface area (Å²) in [5.74, 6) is 5.54. The first-order valence-corrected chi connectivity index (χ1v) is 12.9. The van der Waals surface area contributed by atoms with Gasteiger partial charge in [0.2, 0.25) is 0 Å². The van der Waals surface area contributed by atoms with Gasteiger partial charge >= 0.3 is 0 Å². The van der Waals surface area contributed by atoms with E-state index in [0.29, 0.717) is 40.3 Å². The van der Waals surface area contributed by atoms with Gasteiger partial charge in [-0.1, -0.05) is 34.6 Å². The van der Waals surface area contributed by atoms with Crippen molar-refractivity contribution in [3.63, 3.8) is 0 Å². The maximum atomic E-state index is 12.1. The first-order valence-electron chi connectivity index (χ1n) is 12.9. The predicted octanol–water partition coefficient (Wildman–Crippen LogP) is 6.65. The molecule has 0 aliphatic heterocycles. The Morgan fingerprint density at radius 2 is 1.66 bits per heavy atom. The quantitative estimate of drug-likeness (QED) is 0.559. The normalized spacial score (nSPS) is 46.7. The molecule has 4 rings (SSSR count). The first kappa shape index (κ1) is 21.8. The molecule has 0 aromatic carbocycles. The third kappa shape index (κ3) is 3.64. The molecule has 166 valence electrons. The third-order valence-corrected chi connectivity index (χ3v) is 10.8. The average molecular weight is 403 g/mol. The Morgan fingerprint density at radius 1 is 0.931 bits per heavy atom. The van der Waals surface area contributed by atoms with Crippen LogP contribution < -0.4 is 0 Å². The smallest absolute Gasteiger partial charge is 0.133 e. The zero-order valence-corrected chi connectivity index (χ0v) is 19.8. The minimum atomic E-state index is -0.131. The van der Waals surface area contributed by atoms with Crippen molar-refractivity contribution in [2.45, 2.75) is 111 Å². The maximum absolute atomic E-state index is 12.1. The highest BCUT2D eigenvalue weighted by molar-refractivity contribution is 5.79. The lowest BCUT2D eigenvalue weighted by Gasteiger charge is -2.60. The monoisotopic (exact) mass is 402 g/mol. The Balaban J connectivity index is 1.49. The summed E-state index contributed by atoms with van der Waals surface area (Å²) in [6.07, 6.45) is 12.9. The molecular formula is C27H46O2. The van der Waals surface area contributed by atoms with E-state index in [0.717, 1.165) is 49.9 Å². The molecule has 9 atom stereocenters. The lowest BCUT2D eigenvalue weighted by Crippen LogP contribution is -2.54. The Labute approximate surface area is 179 Å². The average Bonchev–Trinajstić information content (AvgIpc) is 3.03. The zero-order valence-electron chi connectivity index (χ0n) is 19.8. The molecule has 0 bridgehead atoms. The van der Waals surface area contributed by atoms with Crippen LogP contribution in [0, 0.1) is 52.3 Å². The van der Waals surface area contributed by atoms with E-state index in [9.17, 15) is 9.90 Å². The SMILES string of the molecule is CC(C)CC[C@H](O)[C@@H](C)[C@@H]1CC[C@H]2[C@H]3CC[C@H]4CC(=O)CC[C@]4(C)[C@H]3CC[C@]12C. The first-order chi connectivity index (χ1) is 13.7. The van der Waals surface area contributed by atoms with Crippen molar-refractivity contribution in [2.24, 2.45) is 52.3 Å². The fourth-order valence-electron chi connectivity index (χ4n) is 8.98. The van der Waals surface area contributed by atoms with Gasteiger partial charge in [-0.3, -0.25) is 4.79 Å². The number of aliphatic hydroxyl groups excluding tert-OH is 1. The number of fused-ring (bicyclic) bond motifs is 5. The van der Waals surface area contributed by atoms with Crippen LogP contribution in [0.4, 0.5) is 0 Å². The van der Waals surface area contributed by atoms with Crippen LogP contribution in [-0.2, 0) is 4.79 Å². The van der Waals surface area contributed by atoms with E-state index in [2.05, 4.69) is 34.6 Å². The van der Waals surface area contributed by atoms with Gasteiger partial charge in [0.05, 0.1) is 6.10 Å². The topological polar surface area (TPSA) is 37.3 Å². The summed E-state index contributed by atoms with van der Waals surface area (Å²) >= 11 is 0. The molecule has 0 saturated heterocycles. The van der Waals surface area contributed by atoms with E-state index in [1.807, 2.05) is 0 Å². The maximum Gasteiger partial charge on any atom is 0.133 e. The fraction of sp³-hybridized carbons (Fsp3) is 0.963. The van der Waals surface area contributed by atoms with Crippen molar-refractivity contribution in [3.05, 3.63) is 0 Å². The molecule has 29 heavy (non-hydrogen) atoms. The molecule has 0 radical (unpaired) electrons. The van der Waals surface area contributed by atoms with E-state index in [1.54, 1.807) is 0 Å². The molecule has 4 saturated carbocycles. The Bertz CT molecular complexity index is 612. The summed E-state index contributed by atoms with van der Waals surface area (Å²) < 4.78 is 0. The molecule has 0 aromatic rings. The molecule has 0 spiro atoms. The zero-order chi connectivity index (χ0) is 21.0. The van der Waals surface area contributed by atoms with Crippen LogP contribution in [0.2, 0.25) is 0 Å². The van der Waals surface area contributed by atoms with Crippen LogP contribution in [-0.4, -0.2) is 17.0 Å².